The number of carbonyl (C=O) groups is 1. The van der Waals surface area contributed by atoms with Gasteiger partial charge >= 0.3 is 0 Å². The molecule has 3 rings (SSSR count). The molecule has 0 N–H and O–H groups in total. The second kappa shape index (κ2) is 8.59. The van der Waals surface area contributed by atoms with E-state index in [1.807, 2.05) is 24.3 Å². The number of piperazine rings is 1. The number of anilines is 2. The molecule has 1 atom stereocenters. The van der Waals surface area contributed by atoms with Crippen molar-refractivity contribution in [3.05, 3.63) is 59.4 Å². The molecule has 0 spiro atoms. The molecule has 1 heterocycles. The molecule has 6 nitrogen and oxygen atoms in total. The van der Waals surface area contributed by atoms with Crippen LogP contribution < -0.4 is 9.21 Å². The number of nitrogens with zero attached hydrogens (tertiary/aromatic N) is 3. The molecule has 1 saturated heterocycles. The summed E-state index contributed by atoms with van der Waals surface area (Å²) >= 11 is 6.05. The average Bonchev–Trinajstić information content (AvgIpc) is 2.68. The Labute approximate surface area is 175 Å². The molecule has 156 valence electrons. The number of sulfonamides is 1. The van der Waals surface area contributed by atoms with Crippen LogP contribution >= 0.6 is 11.6 Å². The summed E-state index contributed by atoms with van der Waals surface area (Å²) < 4.78 is 39.0. The molecule has 1 fully saturated rings. The second-order valence-corrected chi connectivity index (χ2v) is 9.30. The highest BCUT2D eigenvalue weighted by Gasteiger charge is 2.33. The van der Waals surface area contributed by atoms with Crippen LogP contribution in [0.5, 0.6) is 0 Å². The van der Waals surface area contributed by atoms with Gasteiger partial charge in [-0.2, -0.15) is 0 Å². The zero-order valence-corrected chi connectivity index (χ0v) is 17.8. The van der Waals surface area contributed by atoms with Gasteiger partial charge in [0.15, 0.2) is 0 Å². The minimum atomic E-state index is -3.73. The number of halogens is 2. The molecule has 2 aromatic rings. The van der Waals surface area contributed by atoms with Gasteiger partial charge in [-0.25, -0.2) is 12.8 Å². The molecule has 0 saturated carbocycles. The highest BCUT2D eigenvalue weighted by molar-refractivity contribution is 7.92. The molecule has 29 heavy (non-hydrogen) atoms. The second-order valence-electron chi connectivity index (χ2n) is 7.00. The van der Waals surface area contributed by atoms with E-state index in [2.05, 4.69) is 4.90 Å². The quantitative estimate of drug-likeness (QED) is 0.718. The van der Waals surface area contributed by atoms with Crippen molar-refractivity contribution >= 4 is 38.9 Å². The summed E-state index contributed by atoms with van der Waals surface area (Å²) in [6.07, 6.45) is 1.04. The van der Waals surface area contributed by atoms with Gasteiger partial charge in [0, 0.05) is 36.9 Å². The molecule has 1 aliphatic heterocycles. The topological polar surface area (TPSA) is 60.9 Å². The van der Waals surface area contributed by atoms with Gasteiger partial charge in [0.05, 0.1) is 11.9 Å². The lowest BCUT2D eigenvalue weighted by atomic mass is 10.2. The van der Waals surface area contributed by atoms with Crippen molar-refractivity contribution in [3.8, 4) is 0 Å². The van der Waals surface area contributed by atoms with Crippen molar-refractivity contribution in [2.24, 2.45) is 0 Å². The first-order chi connectivity index (χ1) is 13.7. The van der Waals surface area contributed by atoms with Crippen molar-refractivity contribution in [1.29, 1.82) is 0 Å². The van der Waals surface area contributed by atoms with E-state index in [-0.39, 0.29) is 11.6 Å². The van der Waals surface area contributed by atoms with Gasteiger partial charge in [-0.1, -0.05) is 17.7 Å². The van der Waals surface area contributed by atoms with Gasteiger partial charge in [-0.3, -0.25) is 9.10 Å². The largest absolute Gasteiger partial charge is 0.368 e. The number of hydrogen-bond acceptors (Lipinski definition) is 4. The summed E-state index contributed by atoms with van der Waals surface area (Å²) in [6.45, 7) is 3.73. The Morgan fingerprint density at radius 2 is 1.72 bits per heavy atom. The molecular weight excluding hydrogens is 417 g/mol. The van der Waals surface area contributed by atoms with E-state index in [1.54, 1.807) is 11.8 Å². The first-order valence-electron chi connectivity index (χ1n) is 9.21. The molecule has 1 aliphatic rings. The van der Waals surface area contributed by atoms with Crippen molar-refractivity contribution < 1.29 is 17.6 Å². The van der Waals surface area contributed by atoms with E-state index in [1.165, 1.54) is 24.3 Å². The van der Waals surface area contributed by atoms with Crippen molar-refractivity contribution in [3.63, 3.8) is 0 Å². The number of rotatable bonds is 5. The summed E-state index contributed by atoms with van der Waals surface area (Å²) in [6, 6.07) is 11.7. The lowest BCUT2D eigenvalue weighted by Gasteiger charge is -2.39. The van der Waals surface area contributed by atoms with Gasteiger partial charge < -0.3 is 9.80 Å². The van der Waals surface area contributed by atoms with Gasteiger partial charge in [0.1, 0.15) is 11.9 Å². The monoisotopic (exact) mass is 439 g/mol. The third kappa shape index (κ3) is 5.00. The third-order valence-corrected chi connectivity index (χ3v) is 6.39. The van der Waals surface area contributed by atoms with Crippen molar-refractivity contribution in [2.45, 2.75) is 13.0 Å². The minimum Gasteiger partial charge on any atom is -0.368 e. The normalized spacial score (nSPS) is 15.9. The maximum atomic E-state index is 13.2. The summed E-state index contributed by atoms with van der Waals surface area (Å²) in [5, 5.41) is 0.651. The fraction of sp³-hybridized carbons (Fsp3) is 0.350. The van der Waals surface area contributed by atoms with Crippen LogP contribution in [0.2, 0.25) is 5.02 Å². The molecule has 1 amide bonds. The highest BCUT2D eigenvalue weighted by Crippen LogP contribution is 2.24. The zero-order valence-electron chi connectivity index (χ0n) is 16.3. The average molecular weight is 440 g/mol. The van der Waals surface area contributed by atoms with Crippen LogP contribution in [-0.4, -0.2) is 57.7 Å². The Hall–Kier alpha value is -2.32. The molecule has 0 bridgehead atoms. The number of hydrogen-bond donors (Lipinski definition) is 0. The van der Waals surface area contributed by atoms with Gasteiger partial charge in [0.25, 0.3) is 0 Å². The fourth-order valence-electron chi connectivity index (χ4n) is 3.51. The fourth-order valence-corrected chi connectivity index (χ4v) is 4.87. The van der Waals surface area contributed by atoms with E-state index >= 15 is 0 Å². The standard InChI is InChI=1S/C20H23ClFN3O3S/c1-15(25(29(2,27)28)18-8-6-17(22)7-9-18)20(26)24-12-10-23(11-13-24)19-5-3-4-16(21)14-19/h3-9,14-15H,10-13H2,1-2H3/t15-/m1/s1. The van der Waals surface area contributed by atoms with Crippen LogP contribution in [0.3, 0.4) is 0 Å². The Morgan fingerprint density at radius 3 is 2.28 bits per heavy atom. The van der Waals surface area contributed by atoms with Gasteiger partial charge in [-0.15, -0.1) is 0 Å². The van der Waals surface area contributed by atoms with E-state index in [9.17, 15) is 17.6 Å². The SMILES string of the molecule is C[C@H](C(=O)N1CCN(c2cccc(Cl)c2)CC1)N(c1ccc(F)cc1)S(C)(=O)=O. The van der Waals surface area contributed by atoms with E-state index in [0.29, 0.717) is 31.2 Å². The summed E-state index contributed by atoms with van der Waals surface area (Å²) in [5.74, 6) is -0.760. The Balaban J connectivity index is 1.72. The van der Waals surface area contributed by atoms with Gasteiger partial charge in [-0.05, 0) is 49.4 Å². The highest BCUT2D eigenvalue weighted by atomic mass is 35.5. The third-order valence-electron chi connectivity index (χ3n) is 4.91. The molecule has 2 aromatic carbocycles. The smallest absolute Gasteiger partial charge is 0.246 e. The maximum Gasteiger partial charge on any atom is 0.246 e. The zero-order chi connectivity index (χ0) is 21.2. The van der Waals surface area contributed by atoms with Crippen LogP contribution in [0, 0.1) is 5.82 Å². The molecule has 0 unspecified atom stereocenters. The van der Waals surface area contributed by atoms with Crippen molar-refractivity contribution in [1.82, 2.24) is 4.90 Å². The molecule has 0 aliphatic carbocycles. The van der Waals surface area contributed by atoms with Gasteiger partial charge in [0.2, 0.25) is 15.9 Å². The number of benzene rings is 2. The summed E-state index contributed by atoms with van der Waals surface area (Å²) in [5.41, 5.74) is 1.24. The predicted molar refractivity (Wildman–Crippen MR) is 113 cm³/mol. The Kier molecular flexibility index (Phi) is 6.33. The van der Waals surface area contributed by atoms with Crippen LogP contribution in [0.25, 0.3) is 0 Å². The maximum absolute atomic E-state index is 13.2. The number of carbonyl (C=O) groups excluding carboxylic acids is 1. The lowest BCUT2D eigenvalue weighted by Crippen LogP contribution is -2.55. The molecule has 0 aromatic heterocycles. The number of amides is 1. The summed E-state index contributed by atoms with van der Waals surface area (Å²) in [7, 11) is -3.73. The molecular formula is C20H23ClFN3O3S. The lowest BCUT2D eigenvalue weighted by molar-refractivity contribution is -0.132. The van der Waals surface area contributed by atoms with E-state index in [4.69, 9.17) is 11.6 Å². The summed E-state index contributed by atoms with van der Waals surface area (Å²) in [4.78, 5) is 16.8. The predicted octanol–water partition coefficient (Wildman–Crippen LogP) is 2.98. The van der Waals surface area contributed by atoms with E-state index < -0.39 is 21.9 Å². The van der Waals surface area contributed by atoms with Crippen LogP contribution in [0.15, 0.2) is 48.5 Å². The molecule has 0 radical (unpaired) electrons. The van der Waals surface area contributed by atoms with Crippen LogP contribution in [0.1, 0.15) is 6.92 Å². The Morgan fingerprint density at radius 1 is 1.10 bits per heavy atom. The first-order valence-corrected chi connectivity index (χ1v) is 11.4. The van der Waals surface area contributed by atoms with Crippen LogP contribution in [0.4, 0.5) is 15.8 Å². The first kappa shape index (κ1) is 21.4. The Bertz CT molecular complexity index is 977. The van der Waals surface area contributed by atoms with E-state index in [0.717, 1.165) is 16.2 Å². The van der Waals surface area contributed by atoms with Crippen LogP contribution in [-0.2, 0) is 14.8 Å². The minimum absolute atomic E-state index is 0.257. The molecule has 9 heteroatoms. The van der Waals surface area contributed by atoms with Crippen molar-refractivity contribution in [2.75, 3.05) is 41.6 Å².